The summed E-state index contributed by atoms with van der Waals surface area (Å²) in [4.78, 5) is 5.88. The molecule has 0 heterocycles. The molecule has 1 N–H and O–H groups in total. The van der Waals surface area contributed by atoms with Crippen molar-refractivity contribution in [3.05, 3.63) is 35.1 Å². The zero-order valence-electron chi connectivity index (χ0n) is 10.6. The van der Waals surface area contributed by atoms with Crippen LogP contribution >= 0.6 is 0 Å². The maximum atomic E-state index is 6.93. The van der Waals surface area contributed by atoms with Gasteiger partial charge in [0.1, 0.15) is 6.34 Å². The normalized spacial score (nSPS) is 27.4. The Labute approximate surface area is 103 Å². The van der Waals surface area contributed by atoms with Crippen LogP contribution in [0, 0.1) is 17.2 Å². The van der Waals surface area contributed by atoms with Crippen molar-refractivity contribution in [2.75, 3.05) is 7.05 Å². The van der Waals surface area contributed by atoms with E-state index in [-0.39, 0.29) is 0 Å². The van der Waals surface area contributed by atoms with Crippen LogP contribution in [-0.4, -0.2) is 24.6 Å². The lowest BCUT2D eigenvalue weighted by Crippen LogP contribution is -2.25. The van der Waals surface area contributed by atoms with Crippen molar-refractivity contribution < 1.29 is 0 Å². The first-order valence-corrected chi connectivity index (χ1v) is 6.01. The summed E-state index contributed by atoms with van der Waals surface area (Å²) < 4.78 is 0. The molecule has 0 saturated heterocycles. The van der Waals surface area contributed by atoms with E-state index in [2.05, 4.69) is 37.1 Å². The highest BCUT2D eigenvalue weighted by Gasteiger charge is 2.27. The molecule has 3 nitrogen and oxygen atoms in total. The fraction of sp³-hybridized carbons (Fsp3) is 0.429. The molecule has 2 aliphatic rings. The zero-order valence-corrected chi connectivity index (χ0v) is 10.6. The monoisotopic (exact) mass is 229 g/mol. The van der Waals surface area contributed by atoms with Gasteiger partial charge in [-0.05, 0) is 12.0 Å². The van der Waals surface area contributed by atoms with Crippen LogP contribution in [0.25, 0.3) is 0 Å². The van der Waals surface area contributed by atoms with Gasteiger partial charge >= 0.3 is 0 Å². The highest BCUT2D eigenvalue weighted by atomic mass is 15.1. The average molecular weight is 229 g/mol. The first kappa shape index (κ1) is 11.8. The third-order valence-electron chi connectivity index (χ3n) is 3.61. The van der Waals surface area contributed by atoms with Crippen molar-refractivity contribution in [3.8, 4) is 0 Å². The molecule has 2 aliphatic carbocycles. The van der Waals surface area contributed by atoms with Crippen LogP contribution in [0.4, 0.5) is 0 Å². The van der Waals surface area contributed by atoms with E-state index in [1.54, 1.807) is 6.34 Å². The van der Waals surface area contributed by atoms with Crippen LogP contribution in [0.5, 0.6) is 0 Å². The van der Waals surface area contributed by atoms with Gasteiger partial charge in [0.25, 0.3) is 0 Å². The molecule has 0 aromatic heterocycles. The molecule has 90 valence electrons. The van der Waals surface area contributed by atoms with Crippen LogP contribution < -0.4 is 0 Å². The summed E-state index contributed by atoms with van der Waals surface area (Å²) >= 11 is 0. The smallest absolute Gasteiger partial charge is 0.108 e. The van der Waals surface area contributed by atoms with Crippen LogP contribution in [0.2, 0.25) is 0 Å². The van der Waals surface area contributed by atoms with Crippen molar-refractivity contribution in [1.82, 2.24) is 4.90 Å². The maximum Gasteiger partial charge on any atom is 0.108 e. The van der Waals surface area contributed by atoms with Gasteiger partial charge in [0.15, 0.2) is 0 Å². The van der Waals surface area contributed by atoms with Crippen LogP contribution in [-0.2, 0) is 0 Å². The van der Waals surface area contributed by atoms with Crippen LogP contribution in [0.15, 0.2) is 40.1 Å². The minimum Gasteiger partial charge on any atom is -0.339 e. The Hall–Kier alpha value is -1.64. The van der Waals surface area contributed by atoms with Crippen molar-refractivity contribution in [1.29, 1.82) is 5.41 Å². The van der Waals surface area contributed by atoms with Gasteiger partial charge in [-0.1, -0.05) is 37.6 Å². The Balaban J connectivity index is 2.24. The highest BCUT2D eigenvalue weighted by molar-refractivity contribution is 5.70. The van der Waals surface area contributed by atoms with Crippen molar-refractivity contribution in [2.45, 2.75) is 20.3 Å². The number of hydrogen-bond donors (Lipinski definition) is 1. The first-order valence-electron chi connectivity index (χ1n) is 6.01. The molecule has 0 fully saturated rings. The standard InChI is InChI=1S/C14H19N3/c1-10-7-14(17(3)9-16-8-15)11(2)13-6-4-5-12(10)13/h4-5,7-11,15H,6H2,1-3H3. The minimum atomic E-state index is 0.443. The van der Waals surface area contributed by atoms with Crippen molar-refractivity contribution in [2.24, 2.45) is 16.8 Å². The van der Waals surface area contributed by atoms with E-state index < -0.39 is 0 Å². The number of rotatable bonds is 3. The Kier molecular flexibility index (Phi) is 3.27. The van der Waals surface area contributed by atoms with E-state index in [9.17, 15) is 0 Å². The van der Waals surface area contributed by atoms with E-state index >= 15 is 0 Å². The fourth-order valence-electron chi connectivity index (χ4n) is 2.70. The molecule has 0 aromatic rings. The molecule has 0 bridgehead atoms. The summed E-state index contributed by atoms with van der Waals surface area (Å²) in [6.07, 6.45) is 10.7. The molecule has 2 unspecified atom stereocenters. The molecule has 0 spiro atoms. The molecule has 0 aromatic carbocycles. The van der Waals surface area contributed by atoms with Gasteiger partial charge in [-0.2, -0.15) is 0 Å². The predicted octanol–water partition coefficient (Wildman–Crippen LogP) is 2.98. The van der Waals surface area contributed by atoms with E-state index in [1.165, 1.54) is 16.8 Å². The molecule has 17 heavy (non-hydrogen) atoms. The molecule has 0 aliphatic heterocycles. The quantitative estimate of drug-likeness (QED) is 0.586. The maximum absolute atomic E-state index is 6.93. The second-order valence-electron chi connectivity index (χ2n) is 4.69. The van der Waals surface area contributed by atoms with E-state index in [0.717, 1.165) is 12.8 Å². The summed E-state index contributed by atoms with van der Waals surface area (Å²) in [7, 11) is 2.00. The summed E-state index contributed by atoms with van der Waals surface area (Å²) in [5, 5.41) is 6.93. The highest BCUT2D eigenvalue weighted by Crippen LogP contribution is 2.39. The molecule has 2 rings (SSSR count). The van der Waals surface area contributed by atoms with Gasteiger partial charge in [-0.25, -0.2) is 4.99 Å². The summed E-state index contributed by atoms with van der Waals surface area (Å²) in [6.45, 7) is 4.48. The van der Waals surface area contributed by atoms with E-state index in [1.807, 2.05) is 11.9 Å². The number of hydrogen-bond acceptors (Lipinski definition) is 1. The van der Waals surface area contributed by atoms with Crippen molar-refractivity contribution in [3.63, 3.8) is 0 Å². The molecular formula is C14H19N3. The third kappa shape index (κ3) is 2.09. The average Bonchev–Trinajstić information content (AvgIpc) is 2.80. The Morgan fingerprint density at radius 3 is 2.94 bits per heavy atom. The zero-order chi connectivity index (χ0) is 12.4. The number of nitrogens with one attached hydrogen (secondary N) is 1. The number of allylic oxidation sites excluding steroid dienone is 5. The van der Waals surface area contributed by atoms with Gasteiger partial charge in [0.2, 0.25) is 0 Å². The molecule has 3 heteroatoms. The fourth-order valence-corrected chi connectivity index (χ4v) is 2.70. The third-order valence-corrected chi connectivity index (χ3v) is 3.61. The SMILES string of the molecule is CC1C=C(N(C)C=NC=N)C(C)C2=C1C=CC2. The lowest BCUT2D eigenvalue weighted by atomic mass is 9.82. The Morgan fingerprint density at radius 2 is 2.24 bits per heavy atom. The van der Waals surface area contributed by atoms with Crippen molar-refractivity contribution >= 4 is 12.7 Å². The van der Waals surface area contributed by atoms with E-state index in [0.29, 0.717) is 11.8 Å². The topological polar surface area (TPSA) is 39.5 Å². The predicted molar refractivity (Wildman–Crippen MR) is 72.2 cm³/mol. The second-order valence-corrected chi connectivity index (χ2v) is 4.69. The van der Waals surface area contributed by atoms with Gasteiger partial charge in [0.05, 0.1) is 6.34 Å². The van der Waals surface area contributed by atoms with Crippen LogP contribution in [0.3, 0.4) is 0 Å². The lowest BCUT2D eigenvalue weighted by molar-refractivity contribution is 0.522. The van der Waals surface area contributed by atoms with Gasteiger partial charge in [-0.15, -0.1) is 0 Å². The molecule has 0 radical (unpaired) electrons. The molecular weight excluding hydrogens is 210 g/mol. The summed E-state index contributed by atoms with van der Waals surface area (Å²) in [5.74, 6) is 0.921. The van der Waals surface area contributed by atoms with Crippen LogP contribution in [0.1, 0.15) is 20.3 Å². The summed E-state index contributed by atoms with van der Waals surface area (Å²) in [5.41, 5.74) is 4.30. The summed E-state index contributed by atoms with van der Waals surface area (Å²) in [6, 6.07) is 0. The Bertz CT molecular complexity index is 440. The largest absolute Gasteiger partial charge is 0.339 e. The van der Waals surface area contributed by atoms with E-state index in [4.69, 9.17) is 5.41 Å². The van der Waals surface area contributed by atoms with Gasteiger partial charge in [0, 0.05) is 24.6 Å². The molecule has 0 saturated carbocycles. The number of aliphatic imine (C=N–C) groups is 1. The number of nitrogens with zero attached hydrogens (tertiary/aromatic N) is 2. The minimum absolute atomic E-state index is 0.443. The Morgan fingerprint density at radius 1 is 1.47 bits per heavy atom. The second kappa shape index (κ2) is 4.70. The molecule has 0 amide bonds. The van der Waals surface area contributed by atoms with Gasteiger partial charge < -0.3 is 4.90 Å². The molecule has 2 atom stereocenters. The van der Waals surface area contributed by atoms with Gasteiger partial charge in [-0.3, -0.25) is 5.41 Å². The first-order chi connectivity index (χ1) is 8.15. The lowest BCUT2D eigenvalue weighted by Gasteiger charge is -2.31.